The zero-order valence-electron chi connectivity index (χ0n) is 10.1. The van der Waals surface area contributed by atoms with E-state index in [1.54, 1.807) is 12.1 Å². The van der Waals surface area contributed by atoms with Crippen LogP contribution in [0, 0.1) is 11.6 Å². The Hall–Kier alpha value is -1.18. The topological polar surface area (TPSA) is 0 Å². The van der Waals surface area contributed by atoms with E-state index in [0.717, 1.165) is 6.42 Å². The fourth-order valence-corrected chi connectivity index (χ4v) is 1.81. The molecule has 16 heavy (non-hydrogen) atoms. The van der Waals surface area contributed by atoms with Crippen LogP contribution in [-0.4, -0.2) is 0 Å². The highest BCUT2D eigenvalue weighted by Gasteiger charge is 2.18. The summed E-state index contributed by atoms with van der Waals surface area (Å²) in [6.07, 6.45) is 2.93. The highest BCUT2D eigenvalue weighted by atomic mass is 19.2. The minimum atomic E-state index is -0.706. The SMILES string of the molecule is C=Cc1cc(C(C)C)c(F)c(F)c1CCC. The van der Waals surface area contributed by atoms with Crippen LogP contribution < -0.4 is 0 Å². The number of hydrogen-bond acceptors (Lipinski definition) is 0. The van der Waals surface area contributed by atoms with Crippen molar-refractivity contribution in [1.82, 2.24) is 0 Å². The standard InChI is InChI=1S/C14H18F2/c1-5-7-11-10(6-2)8-12(9(3)4)14(16)13(11)15/h6,8-9H,2,5,7H2,1,3-4H3. The van der Waals surface area contributed by atoms with Gasteiger partial charge in [-0.1, -0.05) is 39.8 Å². The average Bonchev–Trinajstić information content (AvgIpc) is 2.25. The van der Waals surface area contributed by atoms with Gasteiger partial charge in [-0.25, -0.2) is 8.78 Å². The van der Waals surface area contributed by atoms with Gasteiger partial charge in [-0.3, -0.25) is 0 Å². The van der Waals surface area contributed by atoms with Crippen molar-refractivity contribution in [1.29, 1.82) is 0 Å². The van der Waals surface area contributed by atoms with Crippen molar-refractivity contribution in [2.24, 2.45) is 0 Å². The summed E-state index contributed by atoms with van der Waals surface area (Å²) in [5.41, 5.74) is 1.58. The average molecular weight is 224 g/mol. The van der Waals surface area contributed by atoms with Crippen molar-refractivity contribution in [3.05, 3.63) is 41.0 Å². The third-order valence-electron chi connectivity index (χ3n) is 2.71. The van der Waals surface area contributed by atoms with Crippen LogP contribution in [0.25, 0.3) is 6.08 Å². The van der Waals surface area contributed by atoms with Crippen LogP contribution in [0.3, 0.4) is 0 Å². The van der Waals surface area contributed by atoms with Gasteiger partial charge in [-0.15, -0.1) is 0 Å². The van der Waals surface area contributed by atoms with E-state index in [4.69, 9.17) is 0 Å². The lowest BCUT2D eigenvalue weighted by atomic mass is 9.94. The minimum Gasteiger partial charge on any atom is -0.203 e. The van der Waals surface area contributed by atoms with Crippen LogP contribution in [0.15, 0.2) is 12.6 Å². The zero-order valence-corrected chi connectivity index (χ0v) is 10.1. The molecule has 0 spiro atoms. The molecule has 0 aromatic heterocycles. The first kappa shape index (κ1) is 12.9. The van der Waals surface area contributed by atoms with Gasteiger partial charge in [-0.05, 0) is 35.1 Å². The highest BCUT2D eigenvalue weighted by Crippen LogP contribution is 2.27. The Labute approximate surface area is 96.0 Å². The molecular formula is C14H18F2. The molecule has 0 radical (unpaired) electrons. The first-order chi connectivity index (χ1) is 7.52. The molecule has 0 saturated heterocycles. The summed E-state index contributed by atoms with van der Waals surface area (Å²) in [6.45, 7) is 9.30. The van der Waals surface area contributed by atoms with E-state index in [-0.39, 0.29) is 5.92 Å². The van der Waals surface area contributed by atoms with Gasteiger partial charge >= 0.3 is 0 Å². The number of halogens is 2. The lowest BCUT2D eigenvalue weighted by Crippen LogP contribution is -2.04. The van der Waals surface area contributed by atoms with Crippen molar-refractivity contribution in [2.45, 2.75) is 39.5 Å². The van der Waals surface area contributed by atoms with Crippen LogP contribution in [0.5, 0.6) is 0 Å². The predicted octanol–water partition coefficient (Wildman–Crippen LogP) is 4.68. The van der Waals surface area contributed by atoms with Crippen LogP contribution in [0.1, 0.15) is 49.8 Å². The normalized spacial score (nSPS) is 10.9. The summed E-state index contributed by atoms with van der Waals surface area (Å²) >= 11 is 0. The molecule has 1 rings (SSSR count). The van der Waals surface area contributed by atoms with Gasteiger partial charge in [0.25, 0.3) is 0 Å². The Balaban J connectivity index is 3.42. The quantitative estimate of drug-likeness (QED) is 0.696. The van der Waals surface area contributed by atoms with Crippen LogP contribution in [0.2, 0.25) is 0 Å². The van der Waals surface area contributed by atoms with Gasteiger partial charge in [0, 0.05) is 0 Å². The molecule has 2 heteroatoms. The molecule has 0 amide bonds. The van der Waals surface area contributed by atoms with Crippen LogP contribution in [0.4, 0.5) is 8.78 Å². The van der Waals surface area contributed by atoms with Crippen molar-refractivity contribution >= 4 is 6.08 Å². The van der Waals surface area contributed by atoms with E-state index in [0.29, 0.717) is 23.1 Å². The summed E-state index contributed by atoms with van der Waals surface area (Å²) in [5.74, 6) is -1.43. The monoisotopic (exact) mass is 224 g/mol. The van der Waals surface area contributed by atoms with E-state index in [2.05, 4.69) is 6.58 Å². The largest absolute Gasteiger partial charge is 0.203 e. The summed E-state index contributed by atoms with van der Waals surface area (Å²) in [4.78, 5) is 0. The van der Waals surface area contributed by atoms with Crippen molar-refractivity contribution in [2.75, 3.05) is 0 Å². The molecule has 1 aromatic rings. The second-order valence-corrected chi connectivity index (χ2v) is 4.27. The third kappa shape index (κ3) is 2.31. The first-order valence-electron chi connectivity index (χ1n) is 5.66. The van der Waals surface area contributed by atoms with Gasteiger partial charge in [0.15, 0.2) is 11.6 Å². The van der Waals surface area contributed by atoms with Crippen LogP contribution in [-0.2, 0) is 6.42 Å². The summed E-state index contributed by atoms with van der Waals surface area (Å²) in [6, 6.07) is 1.71. The third-order valence-corrected chi connectivity index (χ3v) is 2.71. The fourth-order valence-electron chi connectivity index (χ4n) is 1.81. The molecule has 0 unspecified atom stereocenters. The van der Waals surface area contributed by atoms with E-state index in [1.807, 2.05) is 20.8 Å². The first-order valence-corrected chi connectivity index (χ1v) is 5.66. The molecule has 88 valence electrons. The maximum Gasteiger partial charge on any atom is 0.162 e. The van der Waals surface area contributed by atoms with Gasteiger partial charge in [0.1, 0.15) is 0 Å². The molecule has 0 heterocycles. The molecule has 0 saturated carbocycles. The molecular weight excluding hydrogens is 206 g/mol. The van der Waals surface area contributed by atoms with E-state index >= 15 is 0 Å². The van der Waals surface area contributed by atoms with Gasteiger partial charge in [0.05, 0.1) is 0 Å². The summed E-state index contributed by atoms with van der Waals surface area (Å²) < 4.78 is 27.6. The maximum atomic E-state index is 13.8. The van der Waals surface area contributed by atoms with Crippen molar-refractivity contribution < 1.29 is 8.78 Å². The number of hydrogen-bond donors (Lipinski definition) is 0. The van der Waals surface area contributed by atoms with Gasteiger partial charge in [0.2, 0.25) is 0 Å². The lowest BCUT2D eigenvalue weighted by molar-refractivity contribution is 0.484. The second kappa shape index (κ2) is 5.24. The van der Waals surface area contributed by atoms with Gasteiger partial charge < -0.3 is 0 Å². The van der Waals surface area contributed by atoms with E-state index in [1.165, 1.54) is 0 Å². The summed E-state index contributed by atoms with van der Waals surface area (Å²) in [5, 5.41) is 0. The Bertz CT molecular complexity index is 392. The fraction of sp³-hybridized carbons (Fsp3) is 0.429. The molecule has 0 aliphatic carbocycles. The van der Waals surface area contributed by atoms with E-state index < -0.39 is 11.6 Å². The molecule has 0 fully saturated rings. The Morgan fingerprint density at radius 3 is 2.38 bits per heavy atom. The van der Waals surface area contributed by atoms with Crippen molar-refractivity contribution in [3.63, 3.8) is 0 Å². The number of rotatable bonds is 4. The smallest absolute Gasteiger partial charge is 0.162 e. The highest BCUT2D eigenvalue weighted by molar-refractivity contribution is 5.54. The number of benzene rings is 1. The van der Waals surface area contributed by atoms with Crippen LogP contribution >= 0.6 is 0 Å². The second-order valence-electron chi connectivity index (χ2n) is 4.27. The molecule has 0 aliphatic heterocycles. The molecule has 0 atom stereocenters. The van der Waals surface area contributed by atoms with E-state index in [9.17, 15) is 8.78 Å². The molecule has 0 N–H and O–H groups in total. The molecule has 1 aromatic carbocycles. The maximum absolute atomic E-state index is 13.8. The summed E-state index contributed by atoms with van der Waals surface area (Å²) in [7, 11) is 0. The Kier molecular flexibility index (Phi) is 4.22. The predicted molar refractivity (Wildman–Crippen MR) is 64.5 cm³/mol. The molecule has 0 nitrogen and oxygen atoms in total. The molecule has 0 bridgehead atoms. The minimum absolute atomic E-state index is 0.0242. The van der Waals surface area contributed by atoms with Crippen molar-refractivity contribution in [3.8, 4) is 0 Å². The zero-order chi connectivity index (χ0) is 12.3. The Morgan fingerprint density at radius 1 is 1.31 bits per heavy atom. The van der Waals surface area contributed by atoms with Gasteiger partial charge in [-0.2, -0.15) is 0 Å². The Morgan fingerprint density at radius 2 is 1.94 bits per heavy atom. The lowest BCUT2D eigenvalue weighted by Gasteiger charge is -2.14. The molecule has 0 aliphatic rings.